The highest BCUT2D eigenvalue weighted by Crippen LogP contribution is 2.24. The topological polar surface area (TPSA) is 134 Å². The van der Waals surface area contributed by atoms with Crippen LogP contribution < -0.4 is 10.6 Å². The number of aliphatic hydroxyl groups is 1. The summed E-state index contributed by atoms with van der Waals surface area (Å²) in [5.41, 5.74) is 0.822. The van der Waals surface area contributed by atoms with E-state index in [1.165, 1.54) is 0 Å². The summed E-state index contributed by atoms with van der Waals surface area (Å²) in [6, 6.07) is 7.58. The number of cyclic esters (lactones) is 1. The van der Waals surface area contributed by atoms with E-state index in [2.05, 4.69) is 10.6 Å². The maximum Gasteiger partial charge on any atom is 0.408 e. The minimum absolute atomic E-state index is 0.00991. The van der Waals surface area contributed by atoms with Crippen LogP contribution in [0.15, 0.2) is 42.5 Å². The Kier molecular flexibility index (Phi) is 10.3. The molecule has 0 bridgehead atoms. The van der Waals surface area contributed by atoms with Crippen LogP contribution in [0.5, 0.6) is 0 Å². The van der Waals surface area contributed by atoms with E-state index in [9.17, 15) is 24.3 Å². The van der Waals surface area contributed by atoms with Gasteiger partial charge in [-0.3, -0.25) is 9.59 Å². The van der Waals surface area contributed by atoms with Crippen molar-refractivity contribution in [2.75, 3.05) is 19.8 Å². The predicted molar refractivity (Wildman–Crippen MR) is 130 cm³/mol. The minimum atomic E-state index is -0.943. The van der Waals surface area contributed by atoms with Gasteiger partial charge in [0, 0.05) is 19.0 Å². The van der Waals surface area contributed by atoms with E-state index in [-0.39, 0.29) is 50.5 Å². The normalized spacial score (nSPS) is 23.5. The Labute approximate surface area is 211 Å². The molecule has 0 radical (unpaired) electrons. The molecule has 2 aliphatic heterocycles. The van der Waals surface area contributed by atoms with Crippen LogP contribution in [0.1, 0.15) is 44.6 Å². The third-order valence-electron chi connectivity index (χ3n) is 6.29. The number of rotatable bonds is 7. The third kappa shape index (κ3) is 8.08. The van der Waals surface area contributed by atoms with Crippen molar-refractivity contribution in [1.29, 1.82) is 0 Å². The number of ether oxygens (including phenoxy) is 2. The van der Waals surface area contributed by atoms with Crippen LogP contribution in [-0.4, -0.2) is 71.8 Å². The average molecular weight is 502 g/mol. The zero-order valence-electron chi connectivity index (χ0n) is 20.6. The van der Waals surface area contributed by atoms with Crippen molar-refractivity contribution < 1.29 is 33.8 Å². The predicted octanol–water partition coefficient (Wildman–Crippen LogP) is 1.67. The van der Waals surface area contributed by atoms with Gasteiger partial charge >= 0.3 is 12.1 Å². The molecule has 1 aromatic rings. The Bertz CT molecular complexity index is 937. The number of esters is 1. The number of allylic oxidation sites excluding steroid dienone is 1. The molecular weight excluding hydrogens is 466 g/mol. The summed E-state index contributed by atoms with van der Waals surface area (Å²) in [5.74, 6) is -1.63. The average Bonchev–Trinajstić information content (AvgIpc) is 3.35. The molecule has 4 atom stereocenters. The first-order valence-electron chi connectivity index (χ1n) is 12.4. The number of nitrogens with zero attached hydrogens (tertiary/aromatic N) is 1. The van der Waals surface area contributed by atoms with Crippen molar-refractivity contribution in [3.05, 3.63) is 48.0 Å². The van der Waals surface area contributed by atoms with Crippen molar-refractivity contribution in [3.63, 3.8) is 0 Å². The highest BCUT2D eigenvalue weighted by molar-refractivity contribution is 5.86. The van der Waals surface area contributed by atoms with Gasteiger partial charge in [0.1, 0.15) is 19.3 Å². The fourth-order valence-corrected chi connectivity index (χ4v) is 4.30. The number of alkyl carbamates (subject to hydrolysis) is 1. The molecule has 1 saturated heterocycles. The second-order valence-corrected chi connectivity index (χ2v) is 9.21. The quantitative estimate of drug-likeness (QED) is 0.382. The molecule has 1 fully saturated rings. The number of carbonyl (C=O) groups excluding carboxylic acids is 4. The summed E-state index contributed by atoms with van der Waals surface area (Å²) in [5, 5.41) is 14.5. The van der Waals surface area contributed by atoms with Crippen molar-refractivity contribution >= 4 is 23.9 Å². The van der Waals surface area contributed by atoms with Crippen molar-refractivity contribution in [2.24, 2.45) is 5.92 Å². The summed E-state index contributed by atoms with van der Waals surface area (Å²) in [6.07, 6.45) is 4.63. The van der Waals surface area contributed by atoms with Gasteiger partial charge < -0.3 is 30.1 Å². The second-order valence-electron chi connectivity index (χ2n) is 9.21. The highest BCUT2D eigenvalue weighted by Gasteiger charge is 2.35. The number of aliphatic hydroxyl groups excluding tert-OH is 1. The van der Waals surface area contributed by atoms with Gasteiger partial charge in [-0.25, -0.2) is 9.59 Å². The minimum Gasteiger partial charge on any atom is -0.462 e. The lowest BCUT2D eigenvalue weighted by Gasteiger charge is -2.29. The number of amides is 3. The van der Waals surface area contributed by atoms with E-state index in [1.807, 2.05) is 30.3 Å². The van der Waals surface area contributed by atoms with Crippen LogP contribution in [0.4, 0.5) is 4.79 Å². The second kappa shape index (κ2) is 13.6. The van der Waals surface area contributed by atoms with Gasteiger partial charge in [0.05, 0.1) is 18.6 Å². The SMILES string of the molecule is CC(CO)NC(=O)CC1CC=CCC(NC(=O)OCc2ccccc2)C(=O)OCC2CCCN2C1=O. The first kappa shape index (κ1) is 27.2. The molecule has 2 aliphatic rings. The summed E-state index contributed by atoms with van der Waals surface area (Å²) < 4.78 is 10.7. The molecule has 3 rings (SSSR count). The Morgan fingerprint density at radius 1 is 1.19 bits per heavy atom. The summed E-state index contributed by atoms with van der Waals surface area (Å²) in [7, 11) is 0. The fourth-order valence-electron chi connectivity index (χ4n) is 4.30. The Hall–Kier alpha value is -3.40. The number of nitrogens with one attached hydrogen (secondary N) is 2. The lowest BCUT2D eigenvalue weighted by atomic mass is 9.97. The third-order valence-corrected chi connectivity index (χ3v) is 6.29. The van der Waals surface area contributed by atoms with Crippen molar-refractivity contribution in [2.45, 2.75) is 63.8 Å². The van der Waals surface area contributed by atoms with Crippen LogP contribution in [-0.2, 0) is 30.5 Å². The molecule has 36 heavy (non-hydrogen) atoms. The van der Waals surface area contributed by atoms with Crippen LogP contribution in [0, 0.1) is 5.92 Å². The zero-order valence-corrected chi connectivity index (χ0v) is 20.6. The zero-order chi connectivity index (χ0) is 25.9. The number of benzene rings is 1. The standard InChI is InChI=1S/C26H35N3O7/c1-18(15-30)27-23(31)14-20-10-5-6-12-22(28-26(34)36-16-19-8-3-2-4-9-19)25(33)35-17-21-11-7-13-29(21)24(20)32/h2-6,8-9,18,20-22,30H,7,10-17H2,1H3,(H,27,31)(H,28,34). The van der Waals surface area contributed by atoms with Gasteiger partial charge in [-0.05, 0) is 38.2 Å². The maximum atomic E-state index is 13.3. The Balaban J connectivity index is 1.66. The van der Waals surface area contributed by atoms with E-state index in [0.29, 0.717) is 19.4 Å². The van der Waals surface area contributed by atoms with E-state index in [4.69, 9.17) is 9.47 Å². The van der Waals surface area contributed by atoms with Crippen LogP contribution in [0.2, 0.25) is 0 Å². The molecule has 2 heterocycles. The van der Waals surface area contributed by atoms with Crippen LogP contribution >= 0.6 is 0 Å². The number of hydrogen-bond acceptors (Lipinski definition) is 7. The first-order chi connectivity index (χ1) is 17.4. The van der Waals surface area contributed by atoms with Crippen molar-refractivity contribution in [1.82, 2.24) is 15.5 Å². The van der Waals surface area contributed by atoms with Crippen molar-refractivity contribution in [3.8, 4) is 0 Å². The van der Waals surface area contributed by atoms with E-state index in [0.717, 1.165) is 12.0 Å². The molecule has 3 N–H and O–H groups in total. The maximum absolute atomic E-state index is 13.3. The highest BCUT2D eigenvalue weighted by atomic mass is 16.6. The lowest BCUT2D eigenvalue weighted by molar-refractivity contribution is -0.150. The molecule has 196 valence electrons. The summed E-state index contributed by atoms with van der Waals surface area (Å²) in [6.45, 7) is 2.12. The largest absolute Gasteiger partial charge is 0.462 e. The molecule has 10 heteroatoms. The number of fused-ring (bicyclic) bond motifs is 1. The fraction of sp³-hybridized carbons (Fsp3) is 0.538. The summed E-state index contributed by atoms with van der Waals surface area (Å²) in [4.78, 5) is 52.5. The Morgan fingerprint density at radius 3 is 2.69 bits per heavy atom. The van der Waals surface area contributed by atoms with Gasteiger partial charge in [0.2, 0.25) is 11.8 Å². The van der Waals surface area contributed by atoms with E-state index in [1.54, 1.807) is 24.0 Å². The number of hydrogen-bond donors (Lipinski definition) is 3. The molecule has 0 saturated carbocycles. The van der Waals surface area contributed by atoms with Gasteiger partial charge in [0.15, 0.2) is 0 Å². The van der Waals surface area contributed by atoms with Gasteiger partial charge in [0.25, 0.3) is 0 Å². The molecular formula is C26H35N3O7. The van der Waals surface area contributed by atoms with Crippen LogP contribution in [0.3, 0.4) is 0 Å². The van der Waals surface area contributed by atoms with Crippen LogP contribution in [0.25, 0.3) is 0 Å². The molecule has 0 aromatic heterocycles. The first-order valence-corrected chi connectivity index (χ1v) is 12.4. The van der Waals surface area contributed by atoms with Gasteiger partial charge in [-0.2, -0.15) is 0 Å². The summed E-state index contributed by atoms with van der Waals surface area (Å²) >= 11 is 0. The van der Waals surface area contributed by atoms with E-state index < -0.39 is 30.1 Å². The van der Waals surface area contributed by atoms with E-state index >= 15 is 0 Å². The molecule has 0 spiro atoms. The molecule has 3 amide bonds. The van der Waals surface area contributed by atoms with Gasteiger partial charge in [-0.15, -0.1) is 0 Å². The number of carbonyl (C=O) groups is 4. The lowest BCUT2D eigenvalue weighted by Crippen LogP contribution is -2.46. The van der Waals surface area contributed by atoms with Gasteiger partial charge in [-0.1, -0.05) is 42.5 Å². The Morgan fingerprint density at radius 2 is 1.94 bits per heavy atom. The molecule has 4 unspecified atom stereocenters. The smallest absolute Gasteiger partial charge is 0.408 e. The monoisotopic (exact) mass is 501 g/mol. The molecule has 10 nitrogen and oxygen atoms in total. The molecule has 1 aromatic carbocycles. The molecule has 0 aliphatic carbocycles.